The van der Waals surface area contributed by atoms with Crippen LogP contribution in [0.2, 0.25) is 0 Å². The number of benzene rings is 1. The zero-order valence-corrected chi connectivity index (χ0v) is 11.0. The summed E-state index contributed by atoms with van der Waals surface area (Å²) in [6.07, 6.45) is -0.0273. The minimum Gasteiger partial charge on any atom is -0.502 e. The number of rotatable bonds is 4. The third kappa shape index (κ3) is 3.00. The van der Waals surface area contributed by atoms with Gasteiger partial charge in [0.25, 0.3) is 0 Å². The van der Waals surface area contributed by atoms with Gasteiger partial charge in [-0.2, -0.15) is 0 Å². The summed E-state index contributed by atoms with van der Waals surface area (Å²) in [4.78, 5) is 21.5. The SMILES string of the molecule is COC(=O)C(N)Cc1cc(C)c(C)c([N+](=O)[O-])c1O. The molecule has 0 aliphatic heterocycles. The third-order valence-corrected chi connectivity index (χ3v) is 2.99. The van der Waals surface area contributed by atoms with Gasteiger partial charge in [0.2, 0.25) is 0 Å². The van der Waals surface area contributed by atoms with Crippen LogP contribution >= 0.6 is 0 Å². The van der Waals surface area contributed by atoms with Crippen molar-refractivity contribution in [2.45, 2.75) is 26.3 Å². The summed E-state index contributed by atoms with van der Waals surface area (Å²) in [5, 5.41) is 20.9. The van der Waals surface area contributed by atoms with Crippen LogP contribution in [0, 0.1) is 24.0 Å². The smallest absolute Gasteiger partial charge is 0.322 e. The number of carbonyl (C=O) groups is 1. The summed E-state index contributed by atoms with van der Waals surface area (Å²) in [6, 6.07) is 0.609. The van der Waals surface area contributed by atoms with E-state index in [1.165, 1.54) is 7.11 Å². The Hall–Kier alpha value is -2.15. The maximum atomic E-state index is 11.2. The van der Waals surface area contributed by atoms with Crippen LogP contribution in [0.25, 0.3) is 0 Å². The Labute approximate surface area is 110 Å². The van der Waals surface area contributed by atoms with E-state index in [0.717, 1.165) is 0 Å². The van der Waals surface area contributed by atoms with Crippen molar-refractivity contribution in [3.8, 4) is 5.75 Å². The standard InChI is InChI=1S/C12H16N2O5/c1-6-4-8(5-9(13)12(16)19-3)11(15)10(7(6)2)14(17)18/h4,9,15H,5,13H2,1-3H3. The Kier molecular flexibility index (Phi) is 4.44. The number of phenols is 1. The third-order valence-electron chi connectivity index (χ3n) is 2.99. The lowest BCUT2D eigenvalue weighted by molar-refractivity contribution is -0.386. The molecule has 7 nitrogen and oxygen atoms in total. The van der Waals surface area contributed by atoms with E-state index in [1.54, 1.807) is 19.9 Å². The fourth-order valence-corrected chi connectivity index (χ4v) is 1.81. The van der Waals surface area contributed by atoms with E-state index in [9.17, 15) is 20.0 Å². The number of nitrogens with zero attached hydrogens (tertiary/aromatic N) is 1. The van der Waals surface area contributed by atoms with E-state index in [2.05, 4.69) is 4.74 Å². The van der Waals surface area contributed by atoms with Gasteiger partial charge in [-0.25, -0.2) is 0 Å². The van der Waals surface area contributed by atoms with Gasteiger partial charge in [0.1, 0.15) is 6.04 Å². The lowest BCUT2D eigenvalue weighted by atomic mass is 9.98. The molecule has 0 saturated carbocycles. The number of methoxy groups -OCH3 is 1. The molecule has 7 heteroatoms. The number of aromatic hydroxyl groups is 1. The first-order valence-corrected chi connectivity index (χ1v) is 5.59. The van der Waals surface area contributed by atoms with Gasteiger partial charge in [-0.1, -0.05) is 6.07 Å². The molecule has 1 aromatic rings. The van der Waals surface area contributed by atoms with Crippen molar-refractivity contribution in [2.24, 2.45) is 5.73 Å². The average Bonchev–Trinajstić information content (AvgIpc) is 2.34. The van der Waals surface area contributed by atoms with Crippen molar-refractivity contribution in [2.75, 3.05) is 7.11 Å². The van der Waals surface area contributed by atoms with Gasteiger partial charge >= 0.3 is 11.7 Å². The maximum absolute atomic E-state index is 11.2. The van der Waals surface area contributed by atoms with E-state index < -0.39 is 22.7 Å². The summed E-state index contributed by atoms with van der Waals surface area (Å²) >= 11 is 0. The van der Waals surface area contributed by atoms with Crippen LogP contribution in [0.1, 0.15) is 16.7 Å². The molecular formula is C12H16N2O5. The van der Waals surface area contributed by atoms with Crippen LogP contribution < -0.4 is 5.73 Å². The molecule has 104 valence electrons. The number of hydrogen-bond acceptors (Lipinski definition) is 6. The van der Waals surface area contributed by atoms with Gasteiger partial charge in [0.15, 0.2) is 5.75 Å². The molecule has 0 saturated heterocycles. The molecule has 1 unspecified atom stereocenters. The van der Waals surface area contributed by atoms with Gasteiger partial charge in [-0.05, 0) is 19.4 Å². The van der Waals surface area contributed by atoms with Gasteiger partial charge in [-0.15, -0.1) is 0 Å². The summed E-state index contributed by atoms with van der Waals surface area (Å²) in [7, 11) is 1.20. The van der Waals surface area contributed by atoms with Crippen molar-refractivity contribution in [3.63, 3.8) is 0 Å². The maximum Gasteiger partial charge on any atom is 0.322 e. The second-order valence-corrected chi connectivity index (χ2v) is 4.27. The average molecular weight is 268 g/mol. The highest BCUT2D eigenvalue weighted by molar-refractivity contribution is 5.76. The number of nitrogens with two attached hydrogens (primary N) is 1. The van der Waals surface area contributed by atoms with E-state index >= 15 is 0 Å². The molecule has 1 atom stereocenters. The molecule has 0 aromatic heterocycles. The second kappa shape index (κ2) is 5.66. The normalized spacial score (nSPS) is 12.0. The number of ether oxygens (including phenoxy) is 1. The molecular weight excluding hydrogens is 252 g/mol. The molecule has 0 radical (unpaired) electrons. The van der Waals surface area contributed by atoms with Gasteiger partial charge < -0.3 is 15.6 Å². The van der Waals surface area contributed by atoms with Crippen molar-refractivity contribution in [3.05, 3.63) is 32.9 Å². The first-order chi connectivity index (χ1) is 8.79. The lowest BCUT2D eigenvalue weighted by Crippen LogP contribution is -2.33. The Morgan fingerprint density at radius 3 is 2.63 bits per heavy atom. The Balaban J connectivity index is 3.23. The Morgan fingerprint density at radius 1 is 1.58 bits per heavy atom. The molecule has 0 bridgehead atoms. The van der Waals surface area contributed by atoms with Crippen LogP contribution in [-0.4, -0.2) is 29.2 Å². The highest BCUT2D eigenvalue weighted by Crippen LogP contribution is 2.35. The molecule has 3 N–H and O–H groups in total. The van der Waals surface area contributed by atoms with Crippen molar-refractivity contribution in [1.29, 1.82) is 0 Å². The number of phenolic OH excluding ortho intramolecular Hbond substituents is 1. The fourth-order valence-electron chi connectivity index (χ4n) is 1.81. The molecule has 0 aliphatic rings. The van der Waals surface area contributed by atoms with Crippen LogP contribution in [0.4, 0.5) is 5.69 Å². The molecule has 0 amide bonds. The number of nitro groups is 1. The molecule has 0 heterocycles. The van der Waals surface area contributed by atoms with E-state index in [-0.39, 0.29) is 17.7 Å². The Bertz CT molecular complexity index is 527. The molecule has 0 spiro atoms. The van der Waals surface area contributed by atoms with Crippen LogP contribution in [0.5, 0.6) is 5.75 Å². The number of aryl methyl sites for hydroxylation is 1. The van der Waals surface area contributed by atoms with Crippen molar-refractivity contribution >= 4 is 11.7 Å². The summed E-state index contributed by atoms with van der Waals surface area (Å²) in [5.41, 5.74) is 6.53. The summed E-state index contributed by atoms with van der Waals surface area (Å²) < 4.78 is 4.48. The predicted molar refractivity (Wildman–Crippen MR) is 67.9 cm³/mol. The predicted octanol–water partition coefficient (Wildman–Crippen LogP) is 0.960. The molecule has 1 rings (SSSR count). The molecule has 1 aromatic carbocycles. The zero-order valence-electron chi connectivity index (χ0n) is 11.0. The van der Waals surface area contributed by atoms with Crippen molar-refractivity contribution in [1.82, 2.24) is 0 Å². The van der Waals surface area contributed by atoms with Crippen LogP contribution in [0.3, 0.4) is 0 Å². The minimum atomic E-state index is -0.974. The number of carbonyl (C=O) groups excluding carboxylic acids is 1. The number of hydrogen-bond donors (Lipinski definition) is 2. The summed E-state index contributed by atoms with van der Waals surface area (Å²) in [5.74, 6) is -1.09. The van der Waals surface area contributed by atoms with Crippen LogP contribution in [0.15, 0.2) is 6.07 Å². The van der Waals surface area contributed by atoms with Crippen molar-refractivity contribution < 1.29 is 19.6 Å². The largest absolute Gasteiger partial charge is 0.502 e. The highest BCUT2D eigenvalue weighted by Gasteiger charge is 2.25. The number of esters is 1. The first-order valence-electron chi connectivity index (χ1n) is 5.59. The topological polar surface area (TPSA) is 116 Å². The molecule has 19 heavy (non-hydrogen) atoms. The lowest BCUT2D eigenvalue weighted by Gasteiger charge is -2.13. The van der Waals surface area contributed by atoms with Gasteiger partial charge in [-0.3, -0.25) is 14.9 Å². The fraction of sp³-hybridized carbons (Fsp3) is 0.417. The first kappa shape index (κ1) is 14.9. The van der Waals surface area contributed by atoms with Gasteiger partial charge in [0.05, 0.1) is 12.0 Å². The quantitative estimate of drug-likeness (QED) is 0.477. The zero-order chi connectivity index (χ0) is 14.7. The highest BCUT2D eigenvalue weighted by atomic mass is 16.6. The Morgan fingerprint density at radius 2 is 2.16 bits per heavy atom. The van der Waals surface area contributed by atoms with E-state index in [1.807, 2.05) is 0 Å². The van der Waals surface area contributed by atoms with Gasteiger partial charge in [0, 0.05) is 17.5 Å². The minimum absolute atomic E-state index is 0.0273. The second-order valence-electron chi connectivity index (χ2n) is 4.27. The molecule has 0 fully saturated rings. The monoisotopic (exact) mass is 268 g/mol. The summed E-state index contributed by atoms with van der Waals surface area (Å²) in [6.45, 7) is 3.24. The van der Waals surface area contributed by atoms with E-state index in [4.69, 9.17) is 5.73 Å². The molecule has 0 aliphatic carbocycles. The number of nitro benzene ring substituents is 1. The van der Waals surface area contributed by atoms with Crippen LogP contribution in [-0.2, 0) is 16.0 Å². The van der Waals surface area contributed by atoms with E-state index in [0.29, 0.717) is 11.1 Å².